The van der Waals surface area contributed by atoms with Gasteiger partial charge in [0.15, 0.2) is 0 Å². The lowest BCUT2D eigenvalue weighted by Crippen LogP contribution is -2.39. The molecule has 1 saturated heterocycles. The zero-order valence-electron chi connectivity index (χ0n) is 17.7. The molecule has 3 heterocycles. The van der Waals surface area contributed by atoms with Crippen LogP contribution in [0.3, 0.4) is 0 Å². The first-order valence-corrected chi connectivity index (χ1v) is 10.4. The zero-order chi connectivity index (χ0) is 21.1. The number of carbonyl (C=O) groups is 1. The molecule has 2 aromatic heterocycles. The van der Waals surface area contributed by atoms with Crippen molar-refractivity contribution in [3.8, 4) is 0 Å². The summed E-state index contributed by atoms with van der Waals surface area (Å²) in [5.74, 6) is 0.150. The van der Waals surface area contributed by atoms with Gasteiger partial charge in [0.1, 0.15) is 5.69 Å². The smallest absolute Gasteiger partial charge is 0.274 e. The first-order valence-electron chi connectivity index (χ1n) is 10.4. The molecule has 30 heavy (non-hydrogen) atoms. The molecule has 1 atom stereocenters. The normalized spacial score (nSPS) is 16.4. The molecule has 1 fully saturated rings. The number of hydrogen-bond acceptors (Lipinski definition) is 5. The molecule has 6 heteroatoms. The maximum Gasteiger partial charge on any atom is 0.274 e. The fourth-order valence-electron chi connectivity index (χ4n) is 3.85. The molecule has 1 aromatic carbocycles. The molecular weight excluding hydrogens is 374 g/mol. The van der Waals surface area contributed by atoms with Gasteiger partial charge in [0.25, 0.3) is 5.91 Å². The van der Waals surface area contributed by atoms with E-state index in [1.165, 1.54) is 5.56 Å². The van der Waals surface area contributed by atoms with Gasteiger partial charge < -0.3 is 10.2 Å². The number of hydrogen-bond donors (Lipinski definition) is 1. The van der Waals surface area contributed by atoms with E-state index < -0.39 is 0 Å². The van der Waals surface area contributed by atoms with Crippen molar-refractivity contribution in [2.24, 2.45) is 0 Å². The first kappa shape index (κ1) is 20.0. The van der Waals surface area contributed by atoms with Gasteiger partial charge in [0.05, 0.1) is 11.9 Å². The molecule has 154 valence electrons. The van der Waals surface area contributed by atoms with E-state index in [1.54, 1.807) is 12.4 Å². The molecule has 0 aliphatic carbocycles. The van der Waals surface area contributed by atoms with Crippen LogP contribution in [0.2, 0.25) is 0 Å². The third kappa shape index (κ3) is 4.64. The van der Waals surface area contributed by atoms with E-state index in [9.17, 15) is 4.79 Å². The highest BCUT2D eigenvalue weighted by Gasteiger charge is 2.27. The minimum atomic E-state index is -0.0575. The maximum absolute atomic E-state index is 12.9. The van der Waals surface area contributed by atoms with Crippen LogP contribution in [-0.2, 0) is 0 Å². The van der Waals surface area contributed by atoms with E-state index in [1.807, 2.05) is 18.7 Å². The predicted octanol–water partition coefficient (Wildman–Crippen LogP) is 4.56. The average molecular weight is 402 g/mol. The summed E-state index contributed by atoms with van der Waals surface area (Å²) in [5.41, 5.74) is 6.51. The van der Waals surface area contributed by atoms with Gasteiger partial charge in [0, 0.05) is 48.0 Å². The molecule has 4 rings (SSSR count). The largest absolute Gasteiger partial charge is 0.355 e. The Morgan fingerprint density at radius 2 is 1.80 bits per heavy atom. The monoisotopic (exact) mass is 401 g/mol. The van der Waals surface area contributed by atoms with Crippen LogP contribution in [0.25, 0.3) is 0 Å². The van der Waals surface area contributed by atoms with Crippen LogP contribution in [0.5, 0.6) is 0 Å². The Morgan fingerprint density at radius 1 is 1.00 bits per heavy atom. The lowest BCUT2D eigenvalue weighted by molar-refractivity contribution is 0.0699. The molecule has 1 unspecified atom stereocenters. The molecule has 0 radical (unpaired) electrons. The number of likely N-dealkylation sites (tertiary alicyclic amines) is 1. The number of carbonyl (C=O) groups excluding carboxylic acids is 1. The van der Waals surface area contributed by atoms with E-state index in [0.717, 1.165) is 47.8 Å². The summed E-state index contributed by atoms with van der Waals surface area (Å²) in [4.78, 5) is 28.0. The highest BCUT2D eigenvalue weighted by molar-refractivity contribution is 5.92. The summed E-state index contributed by atoms with van der Waals surface area (Å²) in [6.45, 7) is 7.35. The van der Waals surface area contributed by atoms with Crippen molar-refractivity contribution in [1.29, 1.82) is 0 Å². The van der Waals surface area contributed by atoms with E-state index in [0.29, 0.717) is 12.2 Å². The van der Waals surface area contributed by atoms with Crippen molar-refractivity contribution in [2.45, 2.75) is 39.5 Å². The number of rotatable bonds is 4. The Balaban J connectivity index is 1.51. The fourth-order valence-corrected chi connectivity index (χ4v) is 3.85. The average Bonchev–Trinajstić information content (AvgIpc) is 2.75. The van der Waals surface area contributed by atoms with Crippen LogP contribution >= 0.6 is 0 Å². The summed E-state index contributed by atoms with van der Waals surface area (Å²) < 4.78 is 0. The van der Waals surface area contributed by atoms with Crippen molar-refractivity contribution >= 4 is 17.3 Å². The summed E-state index contributed by atoms with van der Waals surface area (Å²) in [6.07, 6.45) is 5.17. The van der Waals surface area contributed by atoms with E-state index in [4.69, 9.17) is 4.98 Å². The number of nitrogens with zero attached hydrogens (tertiary/aromatic N) is 4. The minimum Gasteiger partial charge on any atom is -0.355 e. The van der Waals surface area contributed by atoms with Crippen LogP contribution in [0.15, 0.2) is 48.8 Å². The van der Waals surface area contributed by atoms with Crippen molar-refractivity contribution in [3.63, 3.8) is 0 Å². The van der Waals surface area contributed by atoms with Gasteiger partial charge in [-0.25, -0.2) is 4.98 Å². The van der Waals surface area contributed by atoms with Crippen molar-refractivity contribution in [3.05, 3.63) is 77.1 Å². The van der Waals surface area contributed by atoms with Crippen molar-refractivity contribution < 1.29 is 4.79 Å². The fraction of sp³-hybridized carbons (Fsp3) is 0.333. The molecule has 0 bridgehead atoms. The van der Waals surface area contributed by atoms with Crippen LogP contribution < -0.4 is 5.32 Å². The second kappa shape index (κ2) is 8.61. The third-order valence-electron chi connectivity index (χ3n) is 5.44. The van der Waals surface area contributed by atoms with Crippen LogP contribution in [0, 0.1) is 20.8 Å². The Morgan fingerprint density at radius 3 is 2.53 bits per heavy atom. The molecule has 1 aliphatic heterocycles. The zero-order valence-corrected chi connectivity index (χ0v) is 17.7. The van der Waals surface area contributed by atoms with Gasteiger partial charge in [-0.05, 0) is 57.9 Å². The van der Waals surface area contributed by atoms with Gasteiger partial charge in [-0.1, -0.05) is 17.7 Å². The van der Waals surface area contributed by atoms with Gasteiger partial charge in [-0.2, -0.15) is 0 Å². The van der Waals surface area contributed by atoms with Gasteiger partial charge >= 0.3 is 0 Å². The molecule has 0 saturated carbocycles. The minimum absolute atomic E-state index is 0.0575. The Labute approximate surface area is 177 Å². The number of nitrogens with one attached hydrogen (secondary N) is 1. The van der Waals surface area contributed by atoms with Crippen LogP contribution in [0.1, 0.15) is 51.9 Å². The number of pyridine rings is 1. The Hall–Kier alpha value is -3.28. The number of aromatic nitrogens is 3. The highest BCUT2D eigenvalue weighted by atomic mass is 16.2. The summed E-state index contributed by atoms with van der Waals surface area (Å²) in [7, 11) is 0. The summed E-state index contributed by atoms with van der Waals surface area (Å²) in [5, 5.41) is 3.48. The second-order valence-corrected chi connectivity index (χ2v) is 8.05. The molecule has 6 nitrogen and oxygen atoms in total. The van der Waals surface area contributed by atoms with Gasteiger partial charge in [-0.15, -0.1) is 0 Å². The number of amides is 1. The van der Waals surface area contributed by atoms with E-state index in [2.05, 4.69) is 58.6 Å². The molecule has 3 aromatic rings. The number of piperidine rings is 1. The van der Waals surface area contributed by atoms with Crippen LogP contribution in [0.4, 0.5) is 11.4 Å². The van der Waals surface area contributed by atoms with E-state index >= 15 is 0 Å². The molecule has 1 N–H and O–H groups in total. The Bertz CT molecular complexity index is 1030. The Kier molecular flexibility index (Phi) is 5.74. The predicted molar refractivity (Wildman–Crippen MR) is 118 cm³/mol. The topological polar surface area (TPSA) is 71.0 Å². The van der Waals surface area contributed by atoms with Gasteiger partial charge in [0.2, 0.25) is 0 Å². The molecular formula is C24H27N5O. The third-order valence-corrected chi connectivity index (χ3v) is 5.44. The quantitative estimate of drug-likeness (QED) is 0.694. The number of benzene rings is 1. The number of anilines is 2. The number of aryl methyl sites for hydroxylation is 3. The summed E-state index contributed by atoms with van der Waals surface area (Å²) in [6, 6.07) is 12.5. The molecule has 1 amide bonds. The van der Waals surface area contributed by atoms with Crippen molar-refractivity contribution in [2.75, 3.05) is 18.4 Å². The van der Waals surface area contributed by atoms with E-state index in [-0.39, 0.29) is 11.8 Å². The lowest BCUT2D eigenvalue weighted by Gasteiger charge is -2.32. The lowest BCUT2D eigenvalue weighted by atomic mass is 9.93. The van der Waals surface area contributed by atoms with Crippen molar-refractivity contribution in [1.82, 2.24) is 19.9 Å². The van der Waals surface area contributed by atoms with Crippen LogP contribution in [-0.4, -0.2) is 38.8 Å². The maximum atomic E-state index is 12.9. The highest BCUT2D eigenvalue weighted by Crippen LogP contribution is 2.29. The SMILES string of the molecule is Cc1ccc(Nc2cc(C)nc(C3CCCN(C(=O)c4cnc(C)cn4)C3)c2)cc1. The second-order valence-electron chi connectivity index (χ2n) is 8.05. The van der Waals surface area contributed by atoms with Gasteiger partial charge in [-0.3, -0.25) is 14.8 Å². The first-order chi connectivity index (χ1) is 14.5. The standard InChI is InChI=1S/C24H27N5O/c1-16-6-8-20(9-7-16)28-21-11-17(2)27-22(12-21)19-5-4-10-29(15-19)24(30)23-14-25-18(3)13-26-23/h6-9,11-14,19H,4-5,10,15H2,1-3H3,(H,27,28). The molecule has 1 aliphatic rings. The molecule has 0 spiro atoms. The summed E-state index contributed by atoms with van der Waals surface area (Å²) >= 11 is 0.